The van der Waals surface area contributed by atoms with Crippen LogP contribution in [0.2, 0.25) is 0 Å². The van der Waals surface area contributed by atoms with Gasteiger partial charge in [0.25, 0.3) is 0 Å². The Morgan fingerprint density at radius 1 is 0.967 bits per heavy atom. The molecule has 2 aromatic rings. The highest BCUT2D eigenvalue weighted by molar-refractivity contribution is 5.94. The molecular formula is C22H20O8. The first-order valence-electron chi connectivity index (χ1n) is 9.22. The van der Waals surface area contributed by atoms with Crippen LogP contribution < -0.4 is 18.9 Å². The molecule has 0 N–H and O–H groups in total. The highest BCUT2D eigenvalue weighted by Gasteiger charge is 2.38. The zero-order chi connectivity index (χ0) is 21.3. The zero-order valence-corrected chi connectivity index (χ0v) is 16.7. The second kappa shape index (κ2) is 7.98. The quantitative estimate of drug-likeness (QED) is 0.529. The van der Waals surface area contributed by atoms with Crippen molar-refractivity contribution in [1.82, 2.24) is 0 Å². The lowest BCUT2D eigenvalue weighted by Gasteiger charge is -2.23. The van der Waals surface area contributed by atoms with Crippen molar-refractivity contribution in [3.05, 3.63) is 58.9 Å². The molecule has 0 spiro atoms. The second-order valence-corrected chi connectivity index (χ2v) is 6.63. The van der Waals surface area contributed by atoms with Crippen LogP contribution >= 0.6 is 0 Å². The molecule has 0 aromatic heterocycles. The van der Waals surface area contributed by atoms with E-state index in [1.54, 1.807) is 25.3 Å². The zero-order valence-electron chi connectivity index (χ0n) is 16.7. The molecule has 0 saturated heterocycles. The molecule has 4 rings (SSSR count). The number of cyclic esters (lactones) is 1. The summed E-state index contributed by atoms with van der Waals surface area (Å²) in [5, 5.41) is 0. The van der Waals surface area contributed by atoms with Gasteiger partial charge < -0.3 is 28.4 Å². The normalized spacial score (nSPS) is 15.6. The molecule has 0 fully saturated rings. The summed E-state index contributed by atoms with van der Waals surface area (Å²) in [4.78, 5) is 24.5. The molecule has 2 aliphatic heterocycles. The number of hydrogen-bond donors (Lipinski definition) is 0. The summed E-state index contributed by atoms with van der Waals surface area (Å²) in [7, 11) is 3.02. The molecule has 0 unspecified atom stereocenters. The highest BCUT2D eigenvalue weighted by atomic mass is 16.7. The largest absolute Gasteiger partial charge is 0.497 e. The van der Waals surface area contributed by atoms with Gasteiger partial charge in [-0.25, -0.2) is 4.79 Å². The molecule has 0 amide bonds. The van der Waals surface area contributed by atoms with Crippen molar-refractivity contribution in [3.8, 4) is 23.0 Å². The summed E-state index contributed by atoms with van der Waals surface area (Å²) in [5.74, 6) is 0.382. The minimum absolute atomic E-state index is 0.0176. The summed E-state index contributed by atoms with van der Waals surface area (Å²) in [6.07, 6.45) is 0. The van der Waals surface area contributed by atoms with Crippen LogP contribution in [0.15, 0.2) is 47.7 Å². The number of fused-ring (bicyclic) bond motifs is 1. The Labute approximate surface area is 172 Å². The van der Waals surface area contributed by atoms with Gasteiger partial charge in [0.15, 0.2) is 11.5 Å². The summed E-state index contributed by atoms with van der Waals surface area (Å²) in [5.41, 5.74) is 1.49. The van der Waals surface area contributed by atoms with Crippen LogP contribution in [0.1, 0.15) is 24.0 Å². The molecule has 0 saturated carbocycles. The molecular weight excluding hydrogens is 392 g/mol. The predicted molar refractivity (Wildman–Crippen MR) is 104 cm³/mol. The third kappa shape index (κ3) is 3.41. The number of esters is 2. The average Bonchev–Trinajstić information content (AvgIpc) is 3.34. The van der Waals surface area contributed by atoms with Gasteiger partial charge in [-0.2, -0.15) is 0 Å². The lowest BCUT2D eigenvalue weighted by atomic mass is 9.83. The fourth-order valence-electron chi connectivity index (χ4n) is 3.64. The van der Waals surface area contributed by atoms with Crippen LogP contribution in [0.5, 0.6) is 23.0 Å². The molecule has 2 heterocycles. The van der Waals surface area contributed by atoms with Gasteiger partial charge in [-0.05, 0) is 12.1 Å². The van der Waals surface area contributed by atoms with Crippen molar-refractivity contribution in [2.24, 2.45) is 0 Å². The Hall–Kier alpha value is -3.68. The number of rotatable bonds is 6. The van der Waals surface area contributed by atoms with E-state index in [0.717, 1.165) is 0 Å². The fraction of sp³-hybridized carbons (Fsp3) is 0.273. The molecule has 30 heavy (non-hydrogen) atoms. The number of carbonyl (C=O) groups excluding carboxylic acids is 2. The summed E-state index contributed by atoms with van der Waals surface area (Å²) < 4.78 is 32.7. The van der Waals surface area contributed by atoms with E-state index in [9.17, 15) is 9.59 Å². The van der Waals surface area contributed by atoms with E-state index in [1.165, 1.54) is 14.0 Å². The summed E-state index contributed by atoms with van der Waals surface area (Å²) in [6, 6.07) is 10.5. The maximum atomic E-state index is 12.7. The molecule has 0 aliphatic carbocycles. The van der Waals surface area contributed by atoms with Crippen LogP contribution in [0.4, 0.5) is 0 Å². The van der Waals surface area contributed by atoms with Gasteiger partial charge in [-0.15, -0.1) is 0 Å². The Balaban J connectivity index is 2.00. The molecule has 8 heteroatoms. The van der Waals surface area contributed by atoms with Crippen molar-refractivity contribution in [2.45, 2.75) is 12.8 Å². The standard InChI is InChI=1S/C22H20O8/c1-12(23)30-16-9-18-17(28-11-29-18)8-14(16)20(13-6-4-5-7-15(13)25-2)21-19(26-3)10-27-22(21)24/h4-9,20H,10-11H2,1-3H3/t20-/m1/s1. The van der Waals surface area contributed by atoms with Gasteiger partial charge >= 0.3 is 11.9 Å². The second-order valence-electron chi connectivity index (χ2n) is 6.63. The number of benzene rings is 2. The van der Waals surface area contributed by atoms with E-state index in [4.69, 9.17) is 28.4 Å². The van der Waals surface area contributed by atoms with Gasteiger partial charge in [0, 0.05) is 24.1 Å². The van der Waals surface area contributed by atoms with E-state index in [1.807, 2.05) is 18.2 Å². The first-order valence-corrected chi connectivity index (χ1v) is 9.22. The van der Waals surface area contributed by atoms with E-state index in [2.05, 4.69) is 0 Å². The maximum absolute atomic E-state index is 12.7. The van der Waals surface area contributed by atoms with Gasteiger partial charge in [0.05, 0.1) is 25.7 Å². The minimum atomic E-state index is -0.699. The Morgan fingerprint density at radius 3 is 2.40 bits per heavy atom. The average molecular weight is 412 g/mol. The first-order chi connectivity index (χ1) is 14.5. The third-order valence-corrected chi connectivity index (χ3v) is 4.91. The maximum Gasteiger partial charge on any atom is 0.339 e. The number of ether oxygens (including phenoxy) is 6. The van der Waals surface area contributed by atoms with Gasteiger partial charge in [0.1, 0.15) is 23.9 Å². The fourth-order valence-corrected chi connectivity index (χ4v) is 3.64. The van der Waals surface area contributed by atoms with Crippen molar-refractivity contribution in [3.63, 3.8) is 0 Å². The molecule has 2 aromatic carbocycles. The van der Waals surface area contributed by atoms with Crippen molar-refractivity contribution < 1.29 is 38.0 Å². The molecule has 1 atom stereocenters. The van der Waals surface area contributed by atoms with Crippen molar-refractivity contribution in [1.29, 1.82) is 0 Å². The topological polar surface area (TPSA) is 89.5 Å². The lowest BCUT2D eigenvalue weighted by Crippen LogP contribution is -2.15. The molecule has 0 radical (unpaired) electrons. The summed E-state index contributed by atoms with van der Waals surface area (Å²) in [6.45, 7) is 1.37. The van der Waals surface area contributed by atoms with E-state index in [0.29, 0.717) is 39.7 Å². The van der Waals surface area contributed by atoms with Crippen LogP contribution in [0, 0.1) is 0 Å². The highest BCUT2D eigenvalue weighted by Crippen LogP contribution is 2.48. The number of methoxy groups -OCH3 is 2. The molecule has 156 valence electrons. The molecule has 2 aliphatic rings. The van der Waals surface area contributed by atoms with Crippen LogP contribution in [-0.2, 0) is 19.1 Å². The number of hydrogen-bond acceptors (Lipinski definition) is 8. The van der Waals surface area contributed by atoms with Gasteiger partial charge in [0.2, 0.25) is 6.79 Å². The summed E-state index contributed by atoms with van der Waals surface area (Å²) >= 11 is 0. The smallest absolute Gasteiger partial charge is 0.339 e. The van der Waals surface area contributed by atoms with Crippen molar-refractivity contribution in [2.75, 3.05) is 27.6 Å². The van der Waals surface area contributed by atoms with E-state index in [-0.39, 0.29) is 19.1 Å². The number of para-hydroxylation sites is 1. The first kappa shape index (κ1) is 19.6. The number of carbonyl (C=O) groups is 2. The third-order valence-electron chi connectivity index (χ3n) is 4.91. The van der Waals surface area contributed by atoms with Crippen LogP contribution in [0.25, 0.3) is 0 Å². The Morgan fingerprint density at radius 2 is 1.70 bits per heavy atom. The lowest BCUT2D eigenvalue weighted by molar-refractivity contribution is -0.136. The van der Waals surface area contributed by atoms with Gasteiger partial charge in [-0.1, -0.05) is 18.2 Å². The van der Waals surface area contributed by atoms with Gasteiger partial charge in [-0.3, -0.25) is 4.79 Å². The molecule has 0 bridgehead atoms. The van der Waals surface area contributed by atoms with E-state index < -0.39 is 17.9 Å². The molecule has 8 nitrogen and oxygen atoms in total. The Bertz CT molecular complexity index is 1040. The van der Waals surface area contributed by atoms with Crippen LogP contribution in [-0.4, -0.2) is 39.6 Å². The predicted octanol–water partition coefficient (Wildman–Crippen LogP) is 2.94. The SMILES string of the molecule is COC1=C([C@H](c2ccccc2OC)c2cc3c(cc2OC(C)=O)OCO3)C(=O)OC1. The van der Waals surface area contributed by atoms with Crippen molar-refractivity contribution >= 4 is 11.9 Å². The monoisotopic (exact) mass is 412 g/mol. The Kier molecular flexibility index (Phi) is 5.22. The van der Waals surface area contributed by atoms with E-state index >= 15 is 0 Å². The van der Waals surface area contributed by atoms with Crippen LogP contribution in [0.3, 0.4) is 0 Å². The minimum Gasteiger partial charge on any atom is -0.497 e.